The molecule has 0 saturated carbocycles. The Morgan fingerprint density at radius 2 is 1.81 bits per heavy atom. The highest BCUT2D eigenvalue weighted by atomic mass is 79.9. The predicted molar refractivity (Wildman–Crippen MR) is 146 cm³/mol. The summed E-state index contributed by atoms with van der Waals surface area (Å²) in [6.07, 6.45) is 1.55. The van der Waals surface area contributed by atoms with Gasteiger partial charge < -0.3 is 13.9 Å². The second-order valence-electron chi connectivity index (χ2n) is 7.39. The van der Waals surface area contributed by atoms with Crippen molar-refractivity contribution in [2.24, 2.45) is 5.10 Å². The zero-order valence-corrected chi connectivity index (χ0v) is 23.0. The van der Waals surface area contributed by atoms with Gasteiger partial charge in [-0.1, -0.05) is 63.0 Å². The van der Waals surface area contributed by atoms with Crippen molar-refractivity contribution in [3.63, 3.8) is 0 Å². The van der Waals surface area contributed by atoms with Gasteiger partial charge in [0.05, 0.1) is 17.0 Å². The number of hydrogen-bond donors (Lipinski definition) is 1. The van der Waals surface area contributed by atoms with Crippen molar-refractivity contribution in [1.82, 2.24) is 15.6 Å². The summed E-state index contributed by atoms with van der Waals surface area (Å²) in [6, 6.07) is 20.2. The van der Waals surface area contributed by atoms with Gasteiger partial charge in [-0.3, -0.25) is 4.79 Å². The van der Waals surface area contributed by atoms with Crippen molar-refractivity contribution in [2.45, 2.75) is 18.4 Å². The summed E-state index contributed by atoms with van der Waals surface area (Å²) in [6.45, 7) is 0.499. The van der Waals surface area contributed by atoms with Gasteiger partial charge in [0.2, 0.25) is 0 Å². The predicted octanol–water partition coefficient (Wildman–Crippen LogP) is 6.54. The highest BCUT2D eigenvalue weighted by Crippen LogP contribution is 2.28. The Kier molecular flexibility index (Phi) is 9.84. The summed E-state index contributed by atoms with van der Waals surface area (Å²) in [4.78, 5) is 12.1. The lowest BCUT2D eigenvalue weighted by Gasteiger charge is -2.06. The van der Waals surface area contributed by atoms with E-state index in [4.69, 9.17) is 37.1 Å². The van der Waals surface area contributed by atoms with Gasteiger partial charge in [0, 0.05) is 9.50 Å². The fourth-order valence-electron chi connectivity index (χ4n) is 2.82. The van der Waals surface area contributed by atoms with Crippen LogP contribution in [0.4, 0.5) is 0 Å². The lowest BCUT2D eigenvalue weighted by molar-refractivity contribution is -0.118. The number of benzene rings is 3. The topological polar surface area (TPSA) is 98.8 Å². The Morgan fingerprint density at radius 3 is 2.57 bits per heavy atom. The lowest BCUT2D eigenvalue weighted by atomic mass is 10.2. The first-order valence-corrected chi connectivity index (χ1v) is 13.3. The number of nitrogens with zero attached hydrogens (tertiary/aromatic N) is 3. The Bertz CT molecular complexity index is 1370. The minimum absolute atomic E-state index is 0.0273. The third-order valence-electron chi connectivity index (χ3n) is 4.62. The highest BCUT2D eigenvalue weighted by Gasteiger charge is 2.11. The zero-order chi connectivity index (χ0) is 26.0. The molecule has 0 radical (unpaired) electrons. The van der Waals surface area contributed by atoms with Gasteiger partial charge in [-0.2, -0.15) is 5.10 Å². The van der Waals surface area contributed by atoms with Crippen LogP contribution in [0.1, 0.15) is 17.0 Å². The molecule has 0 aliphatic carbocycles. The van der Waals surface area contributed by atoms with Gasteiger partial charge in [-0.05, 0) is 65.7 Å². The Hall–Kier alpha value is -3.05. The minimum atomic E-state index is -0.320. The van der Waals surface area contributed by atoms with Crippen LogP contribution in [-0.4, -0.2) is 28.1 Å². The summed E-state index contributed by atoms with van der Waals surface area (Å²) in [5.41, 5.74) is 4.35. The summed E-state index contributed by atoms with van der Waals surface area (Å²) >= 11 is 16.4. The molecule has 8 nitrogen and oxygen atoms in total. The molecular formula is C25H19BrCl2N4O4S. The lowest BCUT2D eigenvalue weighted by Crippen LogP contribution is -2.19. The second-order valence-corrected chi connectivity index (χ2v) is 10.1. The van der Waals surface area contributed by atoms with Crippen molar-refractivity contribution in [2.75, 3.05) is 5.75 Å². The molecule has 12 heteroatoms. The molecule has 0 bridgehead atoms. The van der Waals surface area contributed by atoms with Crippen LogP contribution >= 0.6 is 50.9 Å². The van der Waals surface area contributed by atoms with Crippen LogP contribution in [0.5, 0.6) is 11.5 Å². The van der Waals surface area contributed by atoms with E-state index in [0.717, 1.165) is 33.1 Å². The summed E-state index contributed by atoms with van der Waals surface area (Å²) < 4.78 is 17.8. The van der Waals surface area contributed by atoms with Crippen LogP contribution in [0.2, 0.25) is 10.0 Å². The first-order valence-electron chi connectivity index (χ1n) is 10.8. The van der Waals surface area contributed by atoms with Crippen LogP contribution in [0, 0.1) is 0 Å². The first-order chi connectivity index (χ1) is 17.9. The zero-order valence-electron chi connectivity index (χ0n) is 19.1. The van der Waals surface area contributed by atoms with Crippen LogP contribution in [0.3, 0.4) is 0 Å². The number of amides is 1. The van der Waals surface area contributed by atoms with E-state index >= 15 is 0 Å². The van der Waals surface area contributed by atoms with E-state index in [1.807, 2.05) is 48.5 Å². The molecule has 0 saturated heterocycles. The van der Waals surface area contributed by atoms with Crippen LogP contribution in [-0.2, 0) is 18.0 Å². The maximum absolute atomic E-state index is 12.1. The standard InChI is InChI=1S/C25H19BrCl2N4O4S/c26-18-5-1-17(2-6-18)13-34-20-8-3-16(4-9-20)12-29-30-23(33)15-37-25-32-31-24(36-25)14-35-22-10-7-19(27)11-21(22)28/h1-12H,13-15H2,(H,30,33)/b29-12-. The number of rotatable bonds is 11. The molecule has 4 aromatic rings. The fourth-order valence-corrected chi connectivity index (χ4v) is 4.12. The van der Waals surface area contributed by atoms with Gasteiger partial charge >= 0.3 is 0 Å². The molecule has 1 N–H and O–H groups in total. The molecule has 1 aromatic heterocycles. The molecule has 0 atom stereocenters. The fraction of sp³-hybridized carbons (Fsp3) is 0.120. The third-order valence-corrected chi connectivity index (χ3v) is 6.50. The van der Waals surface area contributed by atoms with Gasteiger partial charge in [-0.25, -0.2) is 5.43 Å². The molecule has 0 aliphatic heterocycles. The average molecular weight is 622 g/mol. The summed E-state index contributed by atoms with van der Waals surface area (Å²) in [5.74, 6) is 1.15. The van der Waals surface area contributed by atoms with E-state index in [1.54, 1.807) is 24.4 Å². The summed E-state index contributed by atoms with van der Waals surface area (Å²) in [5, 5.41) is 12.9. The number of carbonyl (C=O) groups is 1. The van der Waals surface area contributed by atoms with E-state index in [2.05, 4.69) is 36.7 Å². The Labute approximate surface area is 235 Å². The van der Waals surface area contributed by atoms with Crippen molar-refractivity contribution in [3.8, 4) is 11.5 Å². The minimum Gasteiger partial charge on any atom is -0.489 e. The monoisotopic (exact) mass is 620 g/mol. The normalized spacial score (nSPS) is 11.0. The van der Waals surface area contributed by atoms with Crippen LogP contribution in [0.25, 0.3) is 0 Å². The number of halogens is 3. The third kappa shape index (κ3) is 8.78. The maximum Gasteiger partial charge on any atom is 0.277 e. The van der Waals surface area contributed by atoms with Gasteiger partial charge in [0.1, 0.15) is 18.1 Å². The van der Waals surface area contributed by atoms with Gasteiger partial charge in [-0.15, -0.1) is 10.2 Å². The number of nitrogens with one attached hydrogen (secondary N) is 1. The molecular weight excluding hydrogens is 603 g/mol. The van der Waals surface area contributed by atoms with Crippen molar-refractivity contribution in [3.05, 3.63) is 98.3 Å². The number of aromatic nitrogens is 2. The number of carbonyl (C=O) groups excluding carboxylic acids is 1. The van der Waals surface area contributed by atoms with E-state index < -0.39 is 0 Å². The average Bonchev–Trinajstić information content (AvgIpc) is 3.35. The molecule has 0 spiro atoms. The van der Waals surface area contributed by atoms with E-state index in [1.165, 1.54) is 0 Å². The van der Waals surface area contributed by atoms with E-state index in [-0.39, 0.29) is 29.4 Å². The van der Waals surface area contributed by atoms with Gasteiger partial charge in [0.15, 0.2) is 6.61 Å². The van der Waals surface area contributed by atoms with E-state index in [9.17, 15) is 4.79 Å². The van der Waals surface area contributed by atoms with E-state index in [0.29, 0.717) is 22.4 Å². The van der Waals surface area contributed by atoms with Gasteiger partial charge in [0.25, 0.3) is 17.0 Å². The molecule has 0 aliphatic rings. The molecule has 1 heterocycles. The molecule has 4 rings (SSSR count). The quantitative estimate of drug-likeness (QED) is 0.115. The van der Waals surface area contributed by atoms with Crippen molar-refractivity contribution in [1.29, 1.82) is 0 Å². The number of hydrazone groups is 1. The Morgan fingerprint density at radius 1 is 1.03 bits per heavy atom. The second kappa shape index (κ2) is 13.5. The molecule has 0 fully saturated rings. The number of hydrogen-bond acceptors (Lipinski definition) is 8. The van der Waals surface area contributed by atoms with Crippen LogP contribution in [0.15, 0.2) is 85.9 Å². The van der Waals surface area contributed by atoms with Crippen molar-refractivity contribution >= 4 is 63.0 Å². The molecule has 0 unspecified atom stereocenters. The maximum atomic E-state index is 12.1. The largest absolute Gasteiger partial charge is 0.489 e. The molecule has 1 amide bonds. The Balaban J connectivity index is 1.16. The van der Waals surface area contributed by atoms with Crippen LogP contribution < -0.4 is 14.9 Å². The smallest absolute Gasteiger partial charge is 0.277 e. The summed E-state index contributed by atoms with van der Waals surface area (Å²) in [7, 11) is 0. The first kappa shape index (κ1) is 27.0. The number of thioether (sulfide) groups is 1. The molecule has 190 valence electrons. The number of ether oxygens (including phenoxy) is 2. The van der Waals surface area contributed by atoms with Crippen molar-refractivity contribution < 1.29 is 18.7 Å². The highest BCUT2D eigenvalue weighted by molar-refractivity contribution is 9.10. The SMILES string of the molecule is O=C(CSc1nnc(COc2ccc(Cl)cc2Cl)o1)N/N=C\c1ccc(OCc2ccc(Br)cc2)cc1. The molecule has 3 aromatic carbocycles. The molecule has 37 heavy (non-hydrogen) atoms.